The highest BCUT2D eigenvalue weighted by atomic mass is 32.2. The minimum atomic E-state index is -3.76. The van der Waals surface area contributed by atoms with Crippen LogP contribution in [0.1, 0.15) is 11.4 Å². The van der Waals surface area contributed by atoms with Crippen LogP contribution in [0.2, 0.25) is 0 Å². The summed E-state index contributed by atoms with van der Waals surface area (Å²) >= 11 is 0. The fourth-order valence-electron chi connectivity index (χ4n) is 2.32. The molecule has 0 aliphatic heterocycles. The lowest BCUT2D eigenvalue weighted by atomic mass is 10.3. The summed E-state index contributed by atoms with van der Waals surface area (Å²) in [5, 5.41) is 4.11. The van der Waals surface area contributed by atoms with Crippen molar-refractivity contribution in [2.75, 3.05) is 11.8 Å². The van der Waals surface area contributed by atoms with E-state index in [0.29, 0.717) is 17.1 Å². The Balaban J connectivity index is 1.90. The number of rotatable bonds is 5. The van der Waals surface area contributed by atoms with Gasteiger partial charge >= 0.3 is 6.01 Å². The summed E-state index contributed by atoms with van der Waals surface area (Å²) in [6.45, 7) is 3.38. The Bertz CT molecular complexity index is 960. The molecule has 2 heterocycles. The number of benzene rings is 1. The summed E-state index contributed by atoms with van der Waals surface area (Å²) < 4.78 is 34.5. The largest absolute Gasteiger partial charge is 0.467 e. The first-order chi connectivity index (χ1) is 11.9. The minimum absolute atomic E-state index is 0.137. The van der Waals surface area contributed by atoms with Crippen molar-refractivity contribution < 1.29 is 13.2 Å². The van der Waals surface area contributed by atoms with Crippen LogP contribution < -0.4 is 9.46 Å². The molecule has 1 N–H and O–H groups in total. The predicted octanol–water partition coefficient (Wildman–Crippen LogP) is 2.09. The van der Waals surface area contributed by atoms with Gasteiger partial charge in [0.2, 0.25) is 0 Å². The highest BCUT2D eigenvalue weighted by molar-refractivity contribution is 7.92. The van der Waals surface area contributed by atoms with Crippen molar-refractivity contribution in [3.05, 3.63) is 54.1 Å². The van der Waals surface area contributed by atoms with E-state index in [2.05, 4.69) is 19.8 Å². The summed E-state index contributed by atoms with van der Waals surface area (Å²) in [6.07, 6.45) is 3.44. The van der Waals surface area contributed by atoms with E-state index in [1.807, 2.05) is 0 Å². The van der Waals surface area contributed by atoms with Crippen molar-refractivity contribution in [2.24, 2.45) is 0 Å². The van der Waals surface area contributed by atoms with E-state index in [0.717, 1.165) is 5.69 Å². The van der Waals surface area contributed by atoms with Crippen LogP contribution in [-0.2, 0) is 10.0 Å². The number of sulfonamides is 1. The second-order valence-corrected chi connectivity index (χ2v) is 6.99. The number of ether oxygens (including phenoxy) is 1. The Hall–Kier alpha value is -2.94. The van der Waals surface area contributed by atoms with Gasteiger partial charge in [-0.1, -0.05) is 0 Å². The third-order valence-corrected chi connectivity index (χ3v) is 4.95. The van der Waals surface area contributed by atoms with E-state index in [1.165, 1.54) is 19.2 Å². The first kappa shape index (κ1) is 16.9. The molecular weight excluding hydrogens is 342 g/mol. The summed E-state index contributed by atoms with van der Waals surface area (Å²) in [7, 11) is -2.31. The zero-order valence-corrected chi connectivity index (χ0v) is 14.8. The number of aromatic nitrogens is 4. The SMILES string of the molecule is COc1nc(C)c(NS(=O)(=O)c2ccc(-n3cccn3)cc2)c(C)n1. The Morgan fingerprint density at radius 2 is 1.72 bits per heavy atom. The maximum Gasteiger partial charge on any atom is 0.316 e. The molecule has 0 saturated carbocycles. The smallest absolute Gasteiger partial charge is 0.316 e. The van der Waals surface area contributed by atoms with Gasteiger partial charge in [0.25, 0.3) is 10.0 Å². The van der Waals surface area contributed by atoms with Crippen LogP contribution in [0.3, 0.4) is 0 Å². The van der Waals surface area contributed by atoms with Gasteiger partial charge in [0.1, 0.15) is 0 Å². The predicted molar refractivity (Wildman–Crippen MR) is 92.4 cm³/mol. The molecule has 0 radical (unpaired) electrons. The van der Waals surface area contributed by atoms with Crippen molar-refractivity contribution in [1.82, 2.24) is 19.7 Å². The van der Waals surface area contributed by atoms with Gasteiger partial charge in [0, 0.05) is 12.4 Å². The van der Waals surface area contributed by atoms with Crippen LogP contribution in [0.4, 0.5) is 5.69 Å². The average Bonchev–Trinajstić information content (AvgIpc) is 3.12. The van der Waals surface area contributed by atoms with Crippen molar-refractivity contribution in [1.29, 1.82) is 0 Å². The molecule has 3 aromatic rings. The fraction of sp³-hybridized carbons (Fsp3) is 0.188. The Morgan fingerprint density at radius 3 is 2.24 bits per heavy atom. The molecule has 0 bridgehead atoms. The molecule has 3 rings (SSSR count). The maximum atomic E-state index is 12.6. The maximum absolute atomic E-state index is 12.6. The van der Waals surface area contributed by atoms with E-state index in [1.54, 1.807) is 49.1 Å². The molecule has 0 amide bonds. The zero-order valence-electron chi connectivity index (χ0n) is 14.0. The molecule has 0 atom stereocenters. The molecule has 0 aliphatic rings. The van der Waals surface area contributed by atoms with Gasteiger partial charge in [0.05, 0.1) is 34.8 Å². The van der Waals surface area contributed by atoms with Gasteiger partial charge in [-0.25, -0.2) is 13.1 Å². The molecule has 0 fully saturated rings. The van der Waals surface area contributed by atoms with Gasteiger partial charge in [0.15, 0.2) is 0 Å². The summed E-state index contributed by atoms with van der Waals surface area (Å²) in [5.41, 5.74) is 2.09. The van der Waals surface area contributed by atoms with Crippen LogP contribution in [0.5, 0.6) is 6.01 Å². The lowest BCUT2D eigenvalue weighted by Crippen LogP contribution is -2.16. The van der Waals surface area contributed by atoms with E-state index in [4.69, 9.17) is 4.74 Å². The van der Waals surface area contributed by atoms with Gasteiger partial charge in [-0.3, -0.25) is 4.72 Å². The van der Waals surface area contributed by atoms with Gasteiger partial charge in [-0.05, 0) is 44.2 Å². The van der Waals surface area contributed by atoms with Gasteiger partial charge in [-0.15, -0.1) is 0 Å². The molecule has 25 heavy (non-hydrogen) atoms. The highest BCUT2D eigenvalue weighted by Gasteiger charge is 2.18. The molecule has 0 unspecified atom stereocenters. The Kier molecular flexibility index (Phi) is 4.41. The van der Waals surface area contributed by atoms with Crippen molar-refractivity contribution in [3.63, 3.8) is 0 Å². The third-order valence-electron chi connectivity index (χ3n) is 3.59. The fourth-order valence-corrected chi connectivity index (χ4v) is 3.49. The normalized spacial score (nSPS) is 11.3. The number of nitrogens with zero attached hydrogens (tertiary/aromatic N) is 4. The monoisotopic (exact) mass is 359 g/mol. The van der Waals surface area contributed by atoms with E-state index in [9.17, 15) is 8.42 Å². The molecule has 0 aliphatic carbocycles. The zero-order chi connectivity index (χ0) is 18.0. The topological polar surface area (TPSA) is 99.0 Å². The lowest BCUT2D eigenvalue weighted by Gasteiger charge is -2.13. The number of aryl methyl sites for hydroxylation is 2. The third kappa shape index (κ3) is 3.45. The summed E-state index contributed by atoms with van der Waals surface area (Å²) in [6, 6.07) is 8.41. The summed E-state index contributed by atoms with van der Waals surface area (Å²) in [4.78, 5) is 8.35. The Labute approximate surface area is 145 Å². The van der Waals surface area contributed by atoms with E-state index >= 15 is 0 Å². The number of anilines is 1. The van der Waals surface area contributed by atoms with Crippen molar-refractivity contribution in [2.45, 2.75) is 18.7 Å². The quantitative estimate of drug-likeness (QED) is 0.749. The molecule has 8 nitrogen and oxygen atoms in total. The van der Waals surface area contributed by atoms with Gasteiger partial charge < -0.3 is 4.74 Å². The second kappa shape index (κ2) is 6.52. The number of hydrogen-bond donors (Lipinski definition) is 1. The number of methoxy groups -OCH3 is 1. The van der Waals surface area contributed by atoms with Crippen LogP contribution >= 0.6 is 0 Å². The standard InChI is InChI=1S/C16H17N5O3S/c1-11-15(12(2)19-16(18-11)24-3)20-25(22,23)14-7-5-13(6-8-14)21-10-4-9-17-21/h4-10,20H,1-3H3. The second-order valence-electron chi connectivity index (χ2n) is 5.31. The first-order valence-electron chi connectivity index (χ1n) is 7.43. The Morgan fingerprint density at radius 1 is 1.08 bits per heavy atom. The molecule has 9 heteroatoms. The minimum Gasteiger partial charge on any atom is -0.467 e. The van der Waals surface area contributed by atoms with Crippen LogP contribution in [0.15, 0.2) is 47.6 Å². The van der Waals surface area contributed by atoms with Gasteiger partial charge in [-0.2, -0.15) is 15.1 Å². The van der Waals surface area contributed by atoms with Crippen LogP contribution in [0.25, 0.3) is 5.69 Å². The van der Waals surface area contributed by atoms with E-state index < -0.39 is 10.0 Å². The number of nitrogens with one attached hydrogen (secondary N) is 1. The highest BCUT2D eigenvalue weighted by Crippen LogP contribution is 2.23. The van der Waals surface area contributed by atoms with Crippen LogP contribution in [0, 0.1) is 13.8 Å². The molecule has 0 saturated heterocycles. The van der Waals surface area contributed by atoms with Crippen LogP contribution in [-0.4, -0.2) is 35.3 Å². The molecule has 0 spiro atoms. The molecule has 2 aromatic heterocycles. The molecule has 1 aromatic carbocycles. The first-order valence-corrected chi connectivity index (χ1v) is 8.91. The molecular formula is C16H17N5O3S. The average molecular weight is 359 g/mol. The summed E-state index contributed by atoms with van der Waals surface area (Å²) in [5.74, 6) is 0. The van der Waals surface area contributed by atoms with Crippen molar-refractivity contribution in [3.8, 4) is 11.7 Å². The molecule has 130 valence electrons. The lowest BCUT2D eigenvalue weighted by molar-refractivity contribution is 0.378. The number of hydrogen-bond acceptors (Lipinski definition) is 6. The van der Waals surface area contributed by atoms with Crippen molar-refractivity contribution >= 4 is 15.7 Å². The van der Waals surface area contributed by atoms with E-state index in [-0.39, 0.29) is 10.9 Å².